The van der Waals surface area contributed by atoms with Crippen molar-refractivity contribution in [3.8, 4) is 0 Å². The van der Waals surface area contributed by atoms with Crippen LogP contribution >= 0.6 is 0 Å². The molecule has 1 aliphatic carbocycles. The summed E-state index contributed by atoms with van der Waals surface area (Å²) in [5.41, 5.74) is 6.70. The third kappa shape index (κ3) is 3.74. The standard InChI is InChI=1S/C16H23N3O2/c1-2-11-5-3-4-6-14(11)18-16(20)13-9-7-12(8-10-13)15(17)19-21/h7-11,14,21H,2-6H2,1H3,(H2,17,19)(H,18,20). The first-order chi connectivity index (χ1) is 10.2. The van der Waals surface area contributed by atoms with E-state index in [9.17, 15) is 4.79 Å². The van der Waals surface area contributed by atoms with E-state index in [0.717, 1.165) is 12.8 Å². The van der Waals surface area contributed by atoms with Crippen molar-refractivity contribution in [3.63, 3.8) is 0 Å². The summed E-state index contributed by atoms with van der Waals surface area (Å²) < 4.78 is 0. The van der Waals surface area contributed by atoms with Gasteiger partial charge in [0.15, 0.2) is 5.84 Å². The summed E-state index contributed by atoms with van der Waals surface area (Å²) in [4.78, 5) is 12.3. The van der Waals surface area contributed by atoms with Gasteiger partial charge in [-0.1, -0.05) is 43.5 Å². The van der Waals surface area contributed by atoms with Crippen LogP contribution in [-0.2, 0) is 0 Å². The van der Waals surface area contributed by atoms with Gasteiger partial charge in [-0.3, -0.25) is 4.79 Å². The van der Waals surface area contributed by atoms with Crippen LogP contribution in [0.2, 0.25) is 0 Å². The van der Waals surface area contributed by atoms with Gasteiger partial charge in [0.1, 0.15) is 0 Å². The third-order valence-corrected chi connectivity index (χ3v) is 4.30. The molecule has 1 fully saturated rings. The number of hydrogen-bond acceptors (Lipinski definition) is 3. The Kier molecular flexibility index (Phi) is 5.20. The Morgan fingerprint density at radius 1 is 1.29 bits per heavy atom. The molecule has 0 heterocycles. The molecule has 5 nitrogen and oxygen atoms in total. The topological polar surface area (TPSA) is 87.7 Å². The fourth-order valence-electron chi connectivity index (χ4n) is 2.99. The molecule has 0 radical (unpaired) electrons. The number of benzene rings is 1. The normalized spacial score (nSPS) is 22.8. The van der Waals surface area contributed by atoms with Crippen molar-refractivity contribution in [3.05, 3.63) is 35.4 Å². The molecule has 1 aliphatic rings. The number of amidine groups is 1. The minimum Gasteiger partial charge on any atom is -0.409 e. The van der Waals surface area contributed by atoms with Crippen molar-refractivity contribution in [2.45, 2.75) is 45.1 Å². The number of nitrogens with two attached hydrogens (primary N) is 1. The molecule has 4 N–H and O–H groups in total. The molecular weight excluding hydrogens is 266 g/mol. The number of oxime groups is 1. The largest absolute Gasteiger partial charge is 0.409 e. The average Bonchev–Trinajstić information content (AvgIpc) is 2.54. The monoisotopic (exact) mass is 289 g/mol. The predicted octanol–water partition coefficient (Wildman–Crippen LogP) is 2.48. The SMILES string of the molecule is CCC1CCCCC1NC(=O)c1ccc(C(N)=NO)cc1. The Hall–Kier alpha value is -2.04. The lowest BCUT2D eigenvalue weighted by Crippen LogP contribution is -2.41. The highest BCUT2D eigenvalue weighted by molar-refractivity contribution is 5.99. The van der Waals surface area contributed by atoms with Gasteiger partial charge in [0.25, 0.3) is 5.91 Å². The summed E-state index contributed by atoms with van der Waals surface area (Å²) in [7, 11) is 0. The number of carbonyl (C=O) groups excluding carboxylic acids is 1. The number of nitrogens with zero attached hydrogens (tertiary/aromatic N) is 1. The van der Waals surface area contributed by atoms with Crippen LogP contribution in [0.15, 0.2) is 29.4 Å². The van der Waals surface area contributed by atoms with Crippen LogP contribution in [0.3, 0.4) is 0 Å². The van der Waals surface area contributed by atoms with E-state index in [0.29, 0.717) is 17.0 Å². The molecule has 0 aromatic heterocycles. The summed E-state index contributed by atoms with van der Waals surface area (Å²) in [6, 6.07) is 7.04. The van der Waals surface area contributed by atoms with Crippen molar-refractivity contribution in [2.24, 2.45) is 16.8 Å². The van der Waals surface area contributed by atoms with E-state index < -0.39 is 0 Å². The summed E-state index contributed by atoms with van der Waals surface area (Å²) in [6.07, 6.45) is 5.81. The first-order valence-electron chi connectivity index (χ1n) is 7.54. The fourth-order valence-corrected chi connectivity index (χ4v) is 2.99. The zero-order chi connectivity index (χ0) is 15.2. The van der Waals surface area contributed by atoms with Crippen molar-refractivity contribution in [1.29, 1.82) is 0 Å². The molecule has 2 atom stereocenters. The van der Waals surface area contributed by atoms with Gasteiger partial charge in [-0.25, -0.2) is 0 Å². The van der Waals surface area contributed by atoms with Gasteiger partial charge in [-0.2, -0.15) is 0 Å². The minimum absolute atomic E-state index is 0.0419. The van der Waals surface area contributed by atoms with Gasteiger partial charge in [-0.05, 0) is 30.9 Å². The second-order valence-electron chi connectivity index (χ2n) is 5.60. The van der Waals surface area contributed by atoms with Crippen molar-refractivity contribution < 1.29 is 10.0 Å². The Bertz CT molecular complexity index is 511. The van der Waals surface area contributed by atoms with Crippen LogP contribution in [0.4, 0.5) is 0 Å². The number of rotatable bonds is 4. The van der Waals surface area contributed by atoms with Crippen LogP contribution < -0.4 is 11.1 Å². The highest BCUT2D eigenvalue weighted by Gasteiger charge is 2.25. The molecular formula is C16H23N3O2. The van der Waals surface area contributed by atoms with E-state index in [1.807, 2.05) is 0 Å². The van der Waals surface area contributed by atoms with E-state index >= 15 is 0 Å². The average molecular weight is 289 g/mol. The Labute approximate surface area is 125 Å². The molecule has 114 valence electrons. The van der Waals surface area contributed by atoms with Gasteiger partial charge in [0, 0.05) is 17.2 Å². The maximum Gasteiger partial charge on any atom is 0.251 e. The molecule has 0 aliphatic heterocycles. The highest BCUT2D eigenvalue weighted by atomic mass is 16.4. The Balaban J connectivity index is 2.02. The van der Waals surface area contributed by atoms with E-state index in [1.165, 1.54) is 19.3 Å². The van der Waals surface area contributed by atoms with Crippen molar-refractivity contribution in [1.82, 2.24) is 5.32 Å². The number of nitrogens with one attached hydrogen (secondary N) is 1. The minimum atomic E-state index is -0.0496. The molecule has 1 amide bonds. The molecule has 1 aromatic carbocycles. The first kappa shape index (κ1) is 15.4. The van der Waals surface area contributed by atoms with Crippen molar-refractivity contribution in [2.75, 3.05) is 0 Å². The van der Waals surface area contributed by atoms with Crippen LogP contribution in [0.1, 0.15) is 54.9 Å². The summed E-state index contributed by atoms with van der Waals surface area (Å²) in [6.45, 7) is 2.18. The smallest absolute Gasteiger partial charge is 0.251 e. The van der Waals surface area contributed by atoms with Gasteiger partial charge >= 0.3 is 0 Å². The zero-order valence-corrected chi connectivity index (χ0v) is 12.4. The Morgan fingerprint density at radius 3 is 2.52 bits per heavy atom. The fraction of sp³-hybridized carbons (Fsp3) is 0.500. The van der Waals surface area contributed by atoms with E-state index in [-0.39, 0.29) is 17.8 Å². The molecule has 2 unspecified atom stereocenters. The molecule has 0 saturated heterocycles. The lowest BCUT2D eigenvalue weighted by Gasteiger charge is -2.31. The zero-order valence-electron chi connectivity index (χ0n) is 12.4. The summed E-state index contributed by atoms with van der Waals surface area (Å²) in [5, 5.41) is 14.7. The van der Waals surface area contributed by atoms with Crippen LogP contribution in [0.25, 0.3) is 0 Å². The lowest BCUT2D eigenvalue weighted by atomic mass is 9.83. The molecule has 1 saturated carbocycles. The van der Waals surface area contributed by atoms with E-state index in [4.69, 9.17) is 10.9 Å². The first-order valence-corrected chi connectivity index (χ1v) is 7.54. The molecule has 21 heavy (non-hydrogen) atoms. The highest BCUT2D eigenvalue weighted by Crippen LogP contribution is 2.27. The van der Waals surface area contributed by atoms with E-state index in [1.54, 1.807) is 24.3 Å². The van der Waals surface area contributed by atoms with Gasteiger partial charge in [0.2, 0.25) is 0 Å². The van der Waals surface area contributed by atoms with Crippen molar-refractivity contribution >= 4 is 11.7 Å². The molecule has 5 heteroatoms. The molecule has 0 bridgehead atoms. The summed E-state index contributed by atoms with van der Waals surface area (Å²) in [5.74, 6) is 0.575. The van der Waals surface area contributed by atoms with Crippen LogP contribution in [0, 0.1) is 5.92 Å². The number of hydrogen-bond donors (Lipinski definition) is 3. The third-order valence-electron chi connectivity index (χ3n) is 4.30. The van der Waals surface area contributed by atoms with Gasteiger partial charge < -0.3 is 16.3 Å². The van der Waals surface area contributed by atoms with Crippen LogP contribution in [-0.4, -0.2) is 23.0 Å². The van der Waals surface area contributed by atoms with Crippen LogP contribution in [0.5, 0.6) is 0 Å². The summed E-state index contributed by atoms with van der Waals surface area (Å²) >= 11 is 0. The molecule has 2 rings (SSSR count). The maximum absolute atomic E-state index is 12.3. The lowest BCUT2D eigenvalue weighted by molar-refractivity contribution is 0.0904. The van der Waals surface area contributed by atoms with Gasteiger partial charge in [0.05, 0.1) is 0 Å². The number of amides is 1. The second-order valence-corrected chi connectivity index (χ2v) is 5.60. The second kappa shape index (κ2) is 7.11. The molecule has 1 aromatic rings. The Morgan fingerprint density at radius 2 is 1.90 bits per heavy atom. The van der Waals surface area contributed by atoms with E-state index in [2.05, 4.69) is 17.4 Å². The number of carbonyl (C=O) groups is 1. The van der Waals surface area contributed by atoms with Gasteiger partial charge in [-0.15, -0.1) is 0 Å². The maximum atomic E-state index is 12.3. The predicted molar refractivity (Wildman–Crippen MR) is 82.5 cm³/mol. The molecule has 0 spiro atoms. The quantitative estimate of drug-likeness (QED) is 0.344.